The van der Waals surface area contributed by atoms with Crippen LogP contribution >= 0.6 is 0 Å². The van der Waals surface area contributed by atoms with E-state index in [9.17, 15) is 9.90 Å². The fourth-order valence-corrected chi connectivity index (χ4v) is 2.15. The van der Waals surface area contributed by atoms with E-state index in [1.807, 2.05) is 0 Å². The number of carbonyl (C=O) groups is 1. The summed E-state index contributed by atoms with van der Waals surface area (Å²) in [7, 11) is 0. The summed E-state index contributed by atoms with van der Waals surface area (Å²) in [6.45, 7) is 2.99. The topological polar surface area (TPSA) is 63.0 Å². The molecule has 0 aromatic heterocycles. The molecule has 0 aromatic rings. The van der Waals surface area contributed by atoms with Crippen LogP contribution in [-0.2, 0) is 14.3 Å². The zero-order chi connectivity index (χ0) is 10.0. The van der Waals surface area contributed by atoms with E-state index in [2.05, 4.69) is 0 Å². The zero-order valence-corrected chi connectivity index (χ0v) is 8.08. The standard InChI is InChI=1S/C9H15NO4/c11-8(12)7-10-3-1-9(2-4-10)13-5-6-14-9/h1-7H2,(H,11,12). The molecule has 2 rings (SSSR count). The molecule has 1 N–H and O–H groups in total. The molecular formula is C9H15NO4. The van der Waals surface area contributed by atoms with E-state index in [0.717, 1.165) is 30.8 Å². The van der Waals surface area contributed by atoms with Gasteiger partial charge in [-0.3, -0.25) is 0 Å². The maximum absolute atomic E-state index is 10.4. The van der Waals surface area contributed by atoms with Gasteiger partial charge in [-0.1, -0.05) is 0 Å². The number of likely N-dealkylation sites (tertiary alicyclic amines) is 1. The van der Waals surface area contributed by atoms with Crippen molar-refractivity contribution in [2.24, 2.45) is 0 Å². The fraction of sp³-hybridized carbons (Fsp3) is 0.889. The molecule has 0 bridgehead atoms. The van der Waals surface area contributed by atoms with Crippen molar-refractivity contribution in [3.63, 3.8) is 0 Å². The number of carboxylic acids is 1. The second-order valence-electron chi connectivity index (χ2n) is 3.91. The lowest BCUT2D eigenvalue weighted by Crippen LogP contribution is -3.14. The Labute approximate surface area is 82.6 Å². The first-order valence-electron chi connectivity index (χ1n) is 5.02. The molecule has 0 saturated carbocycles. The van der Waals surface area contributed by atoms with Gasteiger partial charge in [-0.2, -0.15) is 0 Å². The van der Waals surface area contributed by atoms with Crippen LogP contribution in [0.25, 0.3) is 0 Å². The van der Waals surface area contributed by atoms with E-state index in [-0.39, 0.29) is 6.54 Å². The lowest BCUT2D eigenvalue weighted by molar-refractivity contribution is -0.903. The van der Waals surface area contributed by atoms with E-state index in [1.165, 1.54) is 0 Å². The minimum atomic E-state index is -0.982. The molecule has 0 aliphatic carbocycles. The molecule has 2 saturated heterocycles. The molecule has 2 fully saturated rings. The highest BCUT2D eigenvalue weighted by atomic mass is 16.7. The lowest BCUT2D eigenvalue weighted by atomic mass is 10.0. The van der Waals surface area contributed by atoms with Crippen molar-refractivity contribution in [1.82, 2.24) is 0 Å². The number of quaternary nitrogens is 1. The monoisotopic (exact) mass is 201 g/mol. The lowest BCUT2D eigenvalue weighted by Gasteiger charge is -2.35. The van der Waals surface area contributed by atoms with Gasteiger partial charge in [0.2, 0.25) is 0 Å². The summed E-state index contributed by atoms with van der Waals surface area (Å²) >= 11 is 0. The predicted octanol–water partition coefficient (Wildman–Crippen LogP) is -2.84. The predicted molar refractivity (Wildman–Crippen MR) is 44.4 cm³/mol. The number of aliphatic carboxylic acids is 1. The fourth-order valence-electron chi connectivity index (χ4n) is 2.15. The van der Waals surface area contributed by atoms with Crippen LogP contribution in [-0.4, -0.2) is 44.6 Å². The van der Waals surface area contributed by atoms with Gasteiger partial charge in [-0.25, -0.2) is 0 Å². The number of rotatable bonds is 2. The SMILES string of the molecule is O=C([O-])C[NH+]1CCC2(CC1)OCCO2. The normalized spacial score (nSPS) is 26.9. The Balaban J connectivity index is 1.82. The highest BCUT2D eigenvalue weighted by molar-refractivity contribution is 5.65. The molecule has 2 aliphatic heterocycles. The number of carboxylic acid groups (broad SMARTS) is 1. The Morgan fingerprint density at radius 3 is 2.36 bits per heavy atom. The van der Waals surface area contributed by atoms with Crippen LogP contribution in [0.5, 0.6) is 0 Å². The molecule has 80 valence electrons. The number of carbonyl (C=O) groups excluding carboxylic acids is 1. The smallest absolute Gasteiger partial charge is 0.179 e. The number of hydrogen-bond acceptors (Lipinski definition) is 4. The number of piperidine rings is 1. The summed E-state index contributed by atoms with van der Waals surface area (Å²) in [6, 6.07) is 0. The van der Waals surface area contributed by atoms with E-state index in [1.54, 1.807) is 0 Å². The minimum absolute atomic E-state index is 0.0933. The van der Waals surface area contributed by atoms with Crippen molar-refractivity contribution in [2.75, 3.05) is 32.8 Å². The molecule has 2 aliphatic rings. The molecule has 5 nitrogen and oxygen atoms in total. The molecule has 0 unspecified atom stereocenters. The quantitative estimate of drug-likeness (QED) is 0.522. The highest BCUT2D eigenvalue weighted by Crippen LogP contribution is 2.27. The van der Waals surface area contributed by atoms with Crippen molar-refractivity contribution in [3.8, 4) is 0 Å². The highest BCUT2D eigenvalue weighted by Gasteiger charge is 2.41. The molecule has 2 heterocycles. The first-order chi connectivity index (χ1) is 6.70. The Kier molecular flexibility index (Phi) is 2.71. The number of ether oxygens (including phenoxy) is 2. The Bertz CT molecular complexity index is 215. The molecule has 1 spiro atoms. The van der Waals surface area contributed by atoms with Gasteiger partial charge in [0.1, 0.15) is 6.54 Å². The maximum Gasteiger partial charge on any atom is 0.179 e. The summed E-state index contributed by atoms with van der Waals surface area (Å²) in [4.78, 5) is 11.4. The van der Waals surface area contributed by atoms with Crippen LogP contribution in [0.1, 0.15) is 12.8 Å². The van der Waals surface area contributed by atoms with E-state index >= 15 is 0 Å². The van der Waals surface area contributed by atoms with Gasteiger partial charge in [-0.15, -0.1) is 0 Å². The molecule has 0 radical (unpaired) electrons. The molecule has 0 amide bonds. The van der Waals surface area contributed by atoms with Gasteiger partial charge in [-0.05, 0) is 0 Å². The number of hydrogen-bond donors (Lipinski definition) is 1. The zero-order valence-electron chi connectivity index (χ0n) is 8.08. The van der Waals surface area contributed by atoms with Gasteiger partial charge in [0.15, 0.2) is 5.79 Å². The summed E-state index contributed by atoms with van der Waals surface area (Å²) < 4.78 is 11.1. The van der Waals surface area contributed by atoms with Crippen LogP contribution in [0.3, 0.4) is 0 Å². The van der Waals surface area contributed by atoms with Crippen molar-refractivity contribution >= 4 is 5.97 Å². The van der Waals surface area contributed by atoms with Gasteiger partial charge < -0.3 is 24.3 Å². The third-order valence-electron chi connectivity index (χ3n) is 2.93. The van der Waals surface area contributed by atoms with Gasteiger partial charge in [0.05, 0.1) is 45.1 Å². The van der Waals surface area contributed by atoms with Crippen LogP contribution in [0, 0.1) is 0 Å². The maximum atomic E-state index is 10.4. The summed E-state index contributed by atoms with van der Waals surface area (Å²) in [5.74, 6) is -1.38. The van der Waals surface area contributed by atoms with Crippen LogP contribution in [0.15, 0.2) is 0 Å². The summed E-state index contributed by atoms with van der Waals surface area (Å²) in [6.07, 6.45) is 1.57. The minimum Gasteiger partial charge on any atom is -0.544 e. The van der Waals surface area contributed by atoms with Crippen molar-refractivity contribution in [3.05, 3.63) is 0 Å². The summed E-state index contributed by atoms with van der Waals surface area (Å²) in [5.41, 5.74) is 0. The molecule has 0 atom stereocenters. The molecule has 0 aromatic carbocycles. The Morgan fingerprint density at radius 1 is 1.29 bits per heavy atom. The first kappa shape index (κ1) is 9.89. The van der Waals surface area contributed by atoms with Crippen molar-refractivity contribution < 1.29 is 24.3 Å². The van der Waals surface area contributed by atoms with E-state index in [4.69, 9.17) is 9.47 Å². The largest absolute Gasteiger partial charge is 0.544 e. The van der Waals surface area contributed by atoms with Crippen LogP contribution < -0.4 is 10.0 Å². The second-order valence-corrected chi connectivity index (χ2v) is 3.91. The Hall–Kier alpha value is -0.650. The van der Waals surface area contributed by atoms with Gasteiger partial charge in [0.25, 0.3) is 0 Å². The van der Waals surface area contributed by atoms with Crippen molar-refractivity contribution in [2.45, 2.75) is 18.6 Å². The average Bonchev–Trinajstić information content (AvgIpc) is 2.58. The van der Waals surface area contributed by atoms with Gasteiger partial charge in [0, 0.05) is 0 Å². The van der Waals surface area contributed by atoms with Crippen LogP contribution in [0.4, 0.5) is 0 Å². The molecule has 5 heteroatoms. The third kappa shape index (κ3) is 2.05. The summed E-state index contributed by atoms with van der Waals surface area (Å²) in [5, 5.41) is 10.4. The van der Waals surface area contributed by atoms with Crippen molar-refractivity contribution in [1.29, 1.82) is 0 Å². The van der Waals surface area contributed by atoms with E-state index < -0.39 is 11.8 Å². The van der Waals surface area contributed by atoms with E-state index in [0.29, 0.717) is 13.2 Å². The second kappa shape index (κ2) is 3.84. The van der Waals surface area contributed by atoms with Gasteiger partial charge >= 0.3 is 0 Å². The molecule has 14 heavy (non-hydrogen) atoms. The Morgan fingerprint density at radius 2 is 1.86 bits per heavy atom. The van der Waals surface area contributed by atoms with Crippen LogP contribution in [0.2, 0.25) is 0 Å². The first-order valence-corrected chi connectivity index (χ1v) is 5.02. The third-order valence-corrected chi connectivity index (χ3v) is 2.93. The molecular weight excluding hydrogens is 186 g/mol. The number of nitrogens with one attached hydrogen (secondary N) is 1. The average molecular weight is 201 g/mol.